The van der Waals surface area contributed by atoms with E-state index in [4.69, 9.17) is 15.6 Å². The smallest absolute Gasteiger partial charge is 0.181 e. The summed E-state index contributed by atoms with van der Waals surface area (Å²) in [6.07, 6.45) is 0. The van der Waals surface area contributed by atoms with Gasteiger partial charge in [0.1, 0.15) is 5.75 Å². The van der Waals surface area contributed by atoms with Crippen LogP contribution in [0.15, 0.2) is 18.2 Å². The summed E-state index contributed by atoms with van der Waals surface area (Å²) < 4.78 is 5.24. The number of carbonyl (C=O) groups excluding carboxylic acids is 1. The fourth-order valence-corrected chi connectivity index (χ4v) is 1.64. The number of benzene rings is 1. The minimum Gasteiger partial charge on any atom is -0.496 e. The lowest BCUT2D eigenvalue weighted by atomic mass is 9.96. The second kappa shape index (κ2) is 5.80. The largest absolute Gasteiger partial charge is 0.496 e. The van der Waals surface area contributed by atoms with E-state index in [1.165, 1.54) is 0 Å². The van der Waals surface area contributed by atoms with E-state index in [0.717, 1.165) is 11.3 Å². The molecule has 0 radical (unpaired) electrons. The molecule has 0 saturated carbocycles. The van der Waals surface area contributed by atoms with Crippen molar-refractivity contribution in [1.29, 1.82) is 0 Å². The third kappa shape index (κ3) is 3.05. The van der Waals surface area contributed by atoms with E-state index in [1.807, 2.05) is 13.8 Å². The summed E-state index contributed by atoms with van der Waals surface area (Å²) >= 11 is 0. The third-order valence-electron chi connectivity index (χ3n) is 2.67. The van der Waals surface area contributed by atoms with E-state index in [1.54, 1.807) is 25.3 Å². The van der Waals surface area contributed by atoms with Gasteiger partial charge in [0.2, 0.25) is 0 Å². The molecule has 0 bridgehead atoms. The zero-order valence-electron chi connectivity index (χ0n) is 10.4. The van der Waals surface area contributed by atoms with Crippen molar-refractivity contribution >= 4 is 5.78 Å². The van der Waals surface area contributed by atoms with Crippen molar-refractivity contribution in [3.05, 3.63) is 29.3 Å². The number of rotatable bonds is 5. The first kappa shape index (κ1) is 13.7. The fraction of sp³-hybridized carbons (Fsp3) is 0.462. The summed E-state index contributed by atoms with van der Waals surface area (Å²) in [5.74, 6) is 0.759. The quantitative estimate of drug-likeness (QED) is 0.758. The molecule has 1 rings (SSSR count). The van der Waals surface area contributed by atoms with Gasteiger partial charge < -0.3 is 15.6 Å². The molecule has 1 aromatic rings. The van der Waals surface area contributed by atoms with Gasteiger partial charge in [-0.3, -0.25) is 4.79 Å². The van der Waals surface area contributed by atoms with Crippen LogP contribution < -0.4 is 10.5 Å². The number of carbonyl (C=O) groups is 1. The third-order valence-corrected chi connectivity index (χ3v) is 2.67. The Balaban J connectivity index is 3.12. The number of ether oxygens (including phenoxy) is 1. The van der Waals surface area contributed by atoms with E-state index in [-0.39, 0.29) is 18.3 Å². The van der Waals surface area contributed by atoms with Gasteiger partial charge in [-0.1, -0.05) is 13.8 Å². The van der Waals surface area contributed by atoms with E-state index in [2.05, 4.69) is 0 Å². The van der Waals surface area contributed by atoms with Crippen LogP contribution >= 0.6 is 0 Å². The summed E-state index contributed by atoms with van der Waals surface area (Å²) in [6.45, 7) is 3.71. The maximum atomic E-state index is 11.8. The van der Waals surface area contributed by atoms with Crippen molar-refractivity contribution in [3.8, 4) is 5.75 Å². The molecule has 0 spiro atoms. The Morgan fingerprint density at radius 3 is 2.59 bits per heavy atom. The standard InChI is InChI=1S/C13H19NO3/c1-8(2)10-6-9(4-5-12(10)17-3)13(16)11(14)7-15/h4-6,8,11,15H,7,14H2,1-3H3. The van der Waals surface area contributed by atoms with Crippen LogP contribution in [0.5, 0.6) is 5.75 Å². The summed E-state index contributed by atoms with van der Waals surface area (Å²) in [5.41, 5.74) is 6.99. The minimum absolute atomic E-state index is 0.253. The molecule has 0 aromatic heterocycles. The van der Waals surface area contributed by atoms with Gasteiger partial charge in [0, 0.05) is 5.56 Å². The summed E-state index contributed by atoms with van der Waals surface area (Å²) in [5, 5.41) is 8.88. The van der Waals surface area contributed by atoms with E-state index in [0.29, 0.717) is 5.56 Å². The molecule has 94 valence electrons. The molecule has 0 saturated heterocycles. The van der Waals surface area contributed by atoms with Crippen molar-refractivity contribution in [2.24, 2.45) is 5.73 Å². The van der Waals surface area contributed by atoms with Gasteiger partial charge in [-0.05, 0) is 29.7 Å². The first-order valence-corrected chi connectivity index (χ1v) is 5.59. The van der Waals surface area contributed by atoms with Gasteiger partial charge in [-0.25, -0.2) is 0 Å². The molecule has 17 heavy (non-hydrogen) atoms. The van der Waals surface area contributed by atoms with E-state index in [9.17, 15) is 4.79 Å². The average Bonchev–Trinajstić information content (AvgIpc) is 2.35. The minimum atomic E-state index is -0.858. The van der Waals surface area contributed by atoms with Crippen molar-refractivity contribution in [2.45, 2.75) is 25.8 Å². The molecule has 0 heterocycles. The second-order valence-corrected chi connectivity index (χ2v) is 4.26. The molecular weight excluding hydrogens is 218 g/mol. The predicted molar refractivity (Wildman–Crippen MR) is 66.5 cm³/mol. The first-order valence-electron chi connectivity index (χ1n) is 5.59. The van der Waals surface area contributed by atoms with Crippen molar-refractivity contribution in [3.63, 3.8) is 0 Å². The van der Waals surface area contributed by atoms with Crippen molar-refractivity contribution < 1.29 is 14.6 Å². The van der Waals surface area contributed by atoms with Crippen LogP contribution in [0.4, 0.5) is 0 Å². The summed E-state index contributed by atoms with van der Waals surface area (Å²) in [6, 6.07) is 4.35. The lowest BCUT2D eigenvalue weighted by Gasteiger charge is -2.14. The highest BCUT2D eigenvalue weighted by molar-refractivity contribution is 6.00. The molecule has 0 aliphatic carbocycles. The highest BCUT2D eigenvalue weighted by atomic mass is 16.5. The molecule has 0 aliphatic rings. The number of Topliss-reactive ketones (excluding diaryl/α,β-unsaturated/α-hetero) is 1. The monoisotopic (exact) mass is 237 g/mol. The van der Waals surface area contributed by atoms with E-state index < -0.39 is 6.04 Å². The number of aliphatic hydroxyl groups excluding tert-OH is 1. The number of aliphatic hydroxyl groups is 1. The first-order chi connectivity index (χ1) is 8.01. The van der Waals surface area contributed by atoms with Crippen molar-refractivity contribution in [1.82, 2.24) is 0 Å². The number of ketones is 1. The maximum Gasteiger partial charge on any atom is 0.181 e. The Hall–Kier alpha value is -1.39. The summed E-state index contributed by atoms with van der Waals surface area (Å²) in [4.78, 5) is 11.8. The van der Waals surface area contributed by atoms with Crippen LogP contribution in [0, 0.1) is 0 Å². The Morgan fingerprint density at radius 2 is 2.12 bits per heavy atom. The van der Waals surface area contributed by atoms with Crippen molar-refractivity contribution in [2.75, 3.05) is 13.7 Å². The Kier molecular flexibility index (Phi) is 4.66. The van der Waals surface area contributed by atoms with Gasteiger partial charge in [0.25, 0.3) is 0 Å². The van der Waals surface area contributed by atoms with E-state index >= 15 is 0 Å². The molecule has 1 atom stereocenters. The molecular formula is C13H19NO3. The maximum absolute atomic E-state index is 11.8. The Bertz CT molecular complexity index is 402. The molecule has 4 heteroatoms. The lowest BCUT2D eigenvalue weighted by Crippen LogP contribution is -2.34. The normalized spacial score (nSPS) is 12.6. The molecule has 4 nitrogen and oxygen atoms in total. The number of nitrogens with two attached hydrogens (primary N) is 1. The predicted octanol–water partition coefficient (Wildman–Crippen LogP) is 1.32. The number of hydrogen-bond acceptors (Lipinski definition) is 4. The lowest BCUT2D eigenvalue weighted by molar-refractivity contribution is 0.0925. The molecule has 1 unspecified atom stereocenters. The SMILES string of the molecule is COc1ccc(C(=O)C(N)CO)cc1C(C)C. The molecule has 3 N–H and O–H groups in total. The topological polar surface area (TPSA) is 72.5 Å². The summed E-state index contributed by atoms with van der Waals surface area (Å²) in [7, 11) is 1.60. The van der Waals surface area contributed by atoms with Gasteiger partial charge in [-0.15, -0.1) is 0 Å². The van der Waals surface area contributed by atoms with Gasteiger partial charge >= 0.3 is 0 Å². The van der Waals surface area contributed by atoms with Gasteiger partial charge in [-0.2, -0.15) is 0 Å². The Morgan fingerprint density at radius 1 is 1.47 bits per heavy atom. The molecule has 0 aliphatic heterocycles. The van der Waals surface area contributed by atoms with Crippen LogP contribution in [-0.2, 0) is 0 Å². The highest BCUT2D eigenvalue weighted by Gasteiger charge is 2.17. The molecule has 0 amide bonds. The highest BCUT2D eigenvalue weighted by Crippen LogP contribution is 2.27. The number of hydrogen-bond donors (Lipinski definition) is 2. The van der Waals surface area contributed by atoms with Crippen LogP contribution in [0.2, 0.25) is 0 Å². The van der Waals surface area contributed by atoms with Crippen LogP contribution in [0.1, 0.15) is 35.7 Å². The molecule has 0 fully saturated rings. The average molecular weight is 237 g/mol. The zero-order valence-corrected chi connectivity index (χ0v) is 10.4. The van der Waals surface area contributed by atoms with Crippen LogP contribution in [-0.4, -0.2) is 30.6 Å². The zero-order chi connectivity index (χ0) is 13.0. The van der Waals surface area contributed by atoms with Gasteiger partial charge in [0.05, 0.1) is 19.8 Å². The van der Waals surface area contributed by atoms with Gasteiger partial charge in [0.15, 0.2) is 5.78 Å². The van der Waals surface area contributed by atoms with Crippen LogP contribution in [0.3, 0.4) is 0 Å². The number of methoxy groups -OCH3 is 1. The fourth-order valence-electron chi connectivity index (χ4n) is 1.64. The molecule has 1 aromatic carbocycles. The van der Waals surface area contributed by atoms with Crippen LogP contribution in [0.25, 0.3) is 0 Å². The second-order valence-electron chi connectivity index (χ2n) is 4.26. The Labute approximate surface area is 101 Å².